The average Bonchev–Trinajstić information content (AvgIpc) is 2.36. The highest BCUT2D eigenvalue weighted by Crippen LogP contribution is 2.07. The molecule has 6 nitrogen and oxygen atoms in total. The van der Waals surface area contributed by atoms with Crippen LogP contribution in [0.4, 0.5) is 0 Å². The Balaban J connectivity index is 2.39. The Morgan fingerprint density at radius 1 is 1.37 bits per heavy atom. The van der Waals surface area contributed by atoms with Gasteiger partial charge in [-0.3, -0.25) is 19.1 Å². The second-order valence-corrected chi connectivity index (χ2v) is 4.78. The van der Waals surface area contributed by atoms with Crippen molar-refractivity contribution in [2.24, 2.45) is 5.73 Å². The lowest BCUT2D eigenvalue weighted by Crippen LogP contribution is -2.30. The van der Waals surface area contributed by atoms with Gasteiger partial charge < -0.3 is 5.73 Å². The Hall–Kier alpha value is -2.15. The number of rotatable bonds is 3. The Morgan fingerprint density at radius 3 is 2.79 bits per heavy atom. The molecule has 1 aromatic heterocycles. The maximum Gasteiger partial charge on any atom is 0.328 e. The fraction of sp³-hybridized carbons (Fsp3) is 0.0833. The van der Waals surface area contributed by atoms with Crippen molar-refractivity contribution in [3.05, 3.63) is 66.9 Å². The Morgan fingerprint density at radius 2 is 2.11 bits per heavy atom. The van der Waals surface area contributed by atoms with Crippen molar-refractivity contribution < 1.29 is 4.79 Å². The topological polar surface area (TPSA) is 97.9 Å². The van der Waals surface area contributed by atoms with Crippen LogP contribution in [0.25, 0.3) is 0 Å². The first kappa shape index (κ1) is 13.3. The first-order chi connectivity index (χ1) is 8.97. The Bertz CT molecular complexity index is 748. The lowest BCUT2D eigenvalue weighted by atomic mass is 10.1. The minimum atomic E-state index is -0.531. The Kier molecular flexibility index (Phi) is 3.66. The highest BCUT2D eigenvalue weighted by atomic mass is 79.9. The van der Waals surface area contributed by atoms with Crippen molar-refractivity contribution in [3.63, 3.8) is 0 Å². The fourth-order valence-corrected chi connectivity index (χ4v) is 1.97. The molecule has 0 unspecified atom stereocenters. The van der Waals surface area contributed by atoms with Crippen LogP contribution in [0.2, 0.25) is 0 Å². The number of carbonyl (C=O) groups excluding carboxylic acids is 1. The quantitative estimate of drug-likeness (QED) is 0.857. The predicted octanol–water partition coefficient (Wildman–Crippen LogP) is 0.446. The molecular formula is C12H10BrN3O3. The molecule has 3 N–H and O–H groups in total. The van der Waals surface area contributed by atoms with E-state index in [1.807, 2.05) is 0 Å². The zero-order chi connectivity index (χ0) is 14.0. The van der Waals surface area contributed by atoms with Gasteiger partial charge in [0.2, 0.25) is 5.91 Å². The van der Waals surface area contributed by atoms with Gasteiger partial charge in [-0.1, -0.05) is 12.1 Å². The van der Waals surface area contributed by atoms with Crippen LogP contribution < -0.4 is 17.0 Å². The molecule has 1 amide bonds. The second kappa shape index (κ2) is 5.23. The summed E-state index contributed by atoms with van der Waals surface area (Å²) in [6.07, 6.45) is 1.40. The summed E-state index contributed by atoms with van der Waals surface area (Å²) in [6, 6.07) is 6.64. The summed E-state index contributed by atoms with van der Waals surface area (Å²) in [5, 5.41) is 0. The molecule has 0 atom stereocenters. The third kappa shape index (κ3) is 3.00. The summed E-state index contributed by atoms with van der Waals surface area (Å²) in [5.74, 6) is -0.531. The highest BCUT2D eigenvalue weighted by Gasteiger charge is 2.05. The number of amides is 1. The molecule has 98 valence electrons. The van der Waals surface area contributed by atoms with Crippen LogP contribution in [0.15, 0.2) is 44.5 Å². The molecule has 0 aliphatic heterocycles. The van der Waals surface area contributed by atoms with E-state index >= 15 is 0 Å². The zero-order valence-corrected chi connectivity index (χ0v) is 11.3. The number of hydrogen-bond acceptors (Lipinski definition) is 3. The monoisotopic (exact) mass is 323 g/mol. The number of primary amides is 1. The molecule has 0 spiro atoms. The number of H-pyrrole nitrogens is 1. The number of halogens is 1. The standard InChI is InChI=1S/C12H10BrN3O3/c13-9-6-16(12(19)15-11(9)18)5-7-2-1-3-8(4-7)10(14)17/h1-4,6H,5H2,(H2,14,17)(H,15,18,19). The smallest absolute Gasteiger partial charge is 0.328 e. The molecule has 0 fully saturated rings. The normalized spacial score (nSPS) is 10.4. The molecule has 0 saturated heterocycles. The maximum atomic E-state index is 11.6. The number of carbonyl (C=O) groups is 1. The van der Waals surface area contributed by atoms with Gasteiger partial charge in [0.05, 0.1) is 11.0 Å². The molecule has 0 bridgehead atoms. The summed E-state index contributed by atoms with van der Waals surface area (Å²) in [7, 11) is 0. The lowest BCUT2D eigenvalue weighted by molar-refractivity contribution is 0.1000. The van der Waals surface area contributed by atoms with E-state index in [0.29, 0.717) is 5.56 Å². The van der Waals surface area contributed by atoms with E-state index in [1.54, 1.807) is 24.3 Å². The van der Waals surface area contributed by atoms with E-state index in [-0.39, 0.29) is 11.0 Å². The van der Waals surface area contributed by atoms with Gasteiger partial charge in [0.1, 0.15) is 0 Å². The maximum absolute atomic E-state index is 11.6. The minimum absolute atomic E-state index is 0.231. The third-order valence-corrected chi connectivity index (χ3v) is 3.10. The highest BCUT2D eigenvalue weighted by molar-refractivity contribution is 9.10. The van der Waals surface area contributed by atoms with Crippen LogP contribution in [-0.2, 0) is 6.54 Å². The van der Waals surface area contributed by atoms with E-state index in [9.17, 15) is 14.4 Å². The van der Waals surface area contributed by atoms with E-state index in [2.05, 4.69) is 20.9 Å². The number of nitrogens with one attached hydrogen (secondary N) is 1. The van der Waals surface area contributed by atoms with Crippen molar-refractivity contribution in [3.8, 4) is 0 Å². The second-order valence-electron chi connectivity index (χ2n) is 3.93. The van der Waals surface area contributed by atoms with Gasteiger partial charge >= 0.3 is 5.69 Å². The van der Waals surface area contributed by atoms with Crippen LogP contribution in [0.3, 0.4) is 0 Å². The molecule has 2 aromatic rings. The molecule has 0 radical (unpaired) electrons. The van der Waals surface area contributed by atoms with Crippen LogP contribution >= 0.6 is 15.9 Å². The van der Waals surface area contributed by atoms with E-state index < -0.39 is 17.2 Å². The molecule has 1 heterocycles. The van der Waals surface area contributed by atoms with Crippen LogP contribution in [0, 0.1) is 0 Å². The van der Waals surface area contributed by atoms with E-state index in [4.69, 9.17) is 5.73 Å². The van der Waals surface area contributed by atoms with E-state index in [1.165, 1.54) is 10.8 Å². The molecule has 1 aromatic carbocycles. The molecule has 19 heavy (non-hydrogen) atoms. The number of nitrogens with zero attached hydrogens (tertiary/aromatic N) is 1. The van der Waals surface area contributed by atoms with Crippen LogP contribution in [0.1, 0.15) is 15.9 Å². The third-order valence-electron chi connectivity index (χ3n) is 2.53. The van der Waals surface area contributed by atoms with Gasteiger partial charge in [0, 0.05) is 11.8 Å². The SMILES string of the molecule is NC(=O)c1cccc(Cn2cc(Br)c(=O)[nH]c2=O)c1. The van der Waals surface area contributed by atoms with Crippen LogP contribution in [-0.4, -0.2) is 15.5 Å². The molecule has 7 heteroatoms. The van der Waals surface area contributed by atoms with Gasteiger partial charge in [0.25, 0.3) is 5.56 Å². The summed E-state index contributed by atoms with van der Waals surface area (Å²) in [5.41, 5.74) is 5.30. The average molecular weight is 324 g/mol. The van der Waals surface area contributed by atoms with Gasteiger partial charge in [-0.2, -0.15) is 0 Å². The molecule has 0 saturated carbocycles. The van der Waals surface area contributed by atoms with Gasteiger partial charge in [0.15, 0.2) is 0 Å². The molecular weight excluding hydrogens is 314 g/mol. The number of hydrogen-bond donors (Lipinski definition) is 2. The van der Waals surface area contributed by atoms with Gasteiger partial charge in [-0.25, -0.2) is 4.79 Å². The van der Waals surface area contributed by atoms with Crippen molar-refractivity contribution in [1.82, 2.24) is 9.55 Å². The summed E-state index contributed by atoms with van der Waals surface area (Å²) >= 11 is 3.05. The van der Waals surface area contributed by atoms with E-state index in [0.717, 1.165) is 5.56 Å². The Labute approximate surface area is 116 Å². The van der Waals surface area contributed by atoms with Crippen molar-refractivity contribution >= 4 is 21.8 Å². The predicted molar refractivity (Wildman–Crippen MR) is 73.1 cm³/mol. The number of nitrogens with two attached hydrogens (primary N) is 1. The van der Waals surface area contributed by atoms with Crippen LogP contribution in [0.5, 0.6) is 0 Å². The largest absolute Gasteiger partial charge is 0.366 e. The summed E-state index contributed by atoms with van der Waals surface area (Å²) < 4.78 is 1.59. The summed E-state index contributed by atoms with van der Waals surface area (Å²) in [4.78, 5) is 36.1. The lowest BCUT2D eigenvalue weighted by Gasteiger charge is -2.06. The first-order valence-electron chi connectivity index (χ1n) is 5.35. The number of aromatic amines is 1. The van der Waals surface area contributed by atoms with Crippen molar-refractivity contribution in [1.29, 1.82) is 0 Å². The number of aromatic nitrogens is 2. The molecule has 0 aliphatic carbocycles. The zero-order valence-electron chi connectivity index (χ0n) is 9.72. The van der Waals surface area contributed by atoms with Crippen molar-refractivity contribution in [2.75, 3.05) is 0 Å². The molecule has 2 rings (SSSR count). The van der Waals surface area contributed by atoms with Gasteiger partial charge in [-0.15, -0.1) is 0 Å². The molecule has 0 aliphatic rings. The fourth-order valence-electron chi connectivity index (χ4n) is 1.62. The van der Waals surface area contributed by atoms with Crippen molar-refractivity contribution in [2.45, 2.75) is 6.54 Å². The minimum Gasteiger partial charge on any atom is -0.366 e. The first-order valence-corrected chi connectivity index (χ1v) is 6.14. The number of benzene rings is 1. The summed E-state index contributed by atoms with van der Waals surface area (Å²) in [6.45, 7) is 0.231. The van der Waals surface area contributed by atoms with Gasteiger partial charge in [-0.05, 0) is 33.6 Å².